The summed E-state index contributed by atoms with van der Waals surface area (Å²) in [7, 11) is 0. The highest BCUT2D eigenvalue weighted by molar-refractivity contribution is 5.56. The zero-order valence-corrected chi connectivity index (χ0v) is 11.1. The van der Waals surface area contributed by atoms with E-state index in [4.69, 9.17) is 14.7 Å². The number of hydrogen-bond acceptors (Lipinski definition) is 5. The predicted octanol–water partition coefficient (Wildman–Crippen LogP) is 3.01. The molecule has 0 radical (unpaired) electrons. The molecule has 19 heavy (non-hydrogen) atoms. The van der Waals surface area contributed by atoms with Crippen molar-refractivity contribution in [2.45, 2.75) is 51.0 Å². The molecule has 5 heteroatoms. The van der Waals surface area contributed by atoms with Gasteiger partial charge in [-0.1, -0.05) is 24.4 Å². The number of nitrogens with zero attached hydrogens (tertiary/aromatic N) is 2. The lowest BCUT2D eigenvalue weighted by atomic mass is 9.95. The fraction of sp³-hybridized carbons (Fsp3) is 0.571. The maximum atomic E-state index is 6.22. The molecule has 3 rings (SSSR count). The first-order valence-corrected chi connectivity index (χ1v) is 6.89. The average molecular weight is 261 g/mol. The first-order chi connectivity index (χ1) is 9.25. The van der Waals surface area contributed by atoms with Crippen molar-refractivity contribution in [3.63, 3.8) is 0 Å². The second kappa shape index (κ2) is 5.17. The lowest BCUT2D eigenvalue weighted by molar-refractivity contribution is 0.326. The van der Waals surface area contributed by atoms with Crippen molar-refractivity contribution in [2.75, 3.05) is 0 Å². The molecule has 2 N–H and O–H groups in total. The average Bonchev–Trinajstić information content (AvgIpc) is 2.97. The van der Waals surface area contributed by atoms with E-state index in [1.54, 1.807) is 6.26 Å². The van der Waals surface area contributed by atoms with Gasteiger partial charge >= 0.3 is 0 Å². The van der Waals surface area contributed by atoms with Crippen LogP contribution in [0.25, 0.3) is 11.4 Å². The van der Waals surface area contributed by atoms with Gasteiger partial charge in [0.2, 0.25) is 11.7 Å². The standard InChI is InChI=1S/C14H19N3O2/c1-9-10(7-8-18-9)13-16-14(19-17-13)11-5-3-2-4-6-12(11)15/h7-8,11-12H,2-6,15H2,1H3. The molecule has 0 spiro atoms. The van der Waals surface area contributed by atoms with Gasteiger partial charge in [0, 0.05) is 6.04 Å². The zero-order chi connectivity index (χ0) is 13.2. The third-order valence-electron chi connectivity index (χ3n) is 3.93. The highest BCUT2D eigenvalue weighted by atomic mass is 16.5. The molecule has 2 unspecified atom stereocenters. The highest BCUT2D eigenvalue weighted by Crippen LogP contribution is 2.31. The van der Waals surface area contributed by atoms with E-state index in [9.17, 15) is 0 Å². The molecule has 2 aromatic rings. The van der Waals surface area contributed by atoms with Crippen molar-refractivity contribution in [1.82, 2.24) is 10.1 Å². The van der Waals surface area contributed by atoms with E-state index in [1.165, 1.54) is 19.3 Å². The highest BCUT2D eigenvalue weighted by Gasteiger charge is 2.27. The molecule has 1 saturated carbocycles. The number of nitrogens with two attached hydrogens (primary N) is 1. The molecular formula is C14H19N3O2. The van der Waals surface area contributed by atoms with E-state index in [0.717, 1.165) is 24.2 Å². The van der Waals surface area contributed by atoms with Crippen LogP contribution in [0.3, 0.4) is 0 Å². The molecule has 102 valence electrons. The molecule has 0 aliphatic heterocycles. The minimum atomic E-state index is 0.126. The molecule has 1 aliphatic carbocycles. The largest absolute Gasteiger partial charge is 0.469 e. The van der Waals surface area contributed by atoms with E-state index >= 15 is 0 Å². The first kappa shape index (κ1) is 12.4. The fourth-order valence-corrected chi connectivity index (χ4v) is 2.76. The van der Waals surface area contributed by atoms with Gasteiger partial charge in [0.25, 0.3) is 0 Å². The van der Waals surface area contributed by atoms with Gasteiger partial charge in [0.1, 0.15) is 5.76 Å². The van der Waals surface area contributed by atoms with Crippen LogP contribution in [0.15, 0.2) is 21.3 Å². The van der Waals surface area contributed by atoms with E-state index in [1.807, 2.05) is 13.0 Å². The summed E-state index contributed by atoms with van der Waals surface area (Å²) in [5.41, 5.74) is 7.11. The molecular weight excluding hydrogens is 242 g/mol. The Morgan fingerprint density at radius 2 is 2.11 bits per heavy atom. The van der Waals surface area contributed by atoms with Crippen molar-refractivity contribution in [3.8, 4) is 11.4 Å². The Hall–Kier alpha value is -1.62. The number of rotatable bonds is 2. The van der Waals surface area contributed by atoms with Crippen LogP contribution in [0.2, 0.25) is 0 Å². The summed E-state index contributed by atoms with van der Waals surface area (Å²) in [5, 5.41) is 4.06. The van der Waals surface area contributed by atoms with Gasteiger partial charge in [-0.2, -0.15) is 4.98 Å². The summed E-state index contributed by atoms with van der Waals surface area (Å²) in [5.74, 6) is 2.26. The van der Waals surface area contributed by atoms with Gasteiger partial charge in [-0.25, -0.2) is 0 Å². The lowest BCUT2D eigenvalue weighted by Gasteiger charge is -2.16. The topological polar surface area (TPSA) is 78.1 Å². The molecule has 0 saturated heterocycles. The molecule has 2 heterocycles. The fourth-order valence-electron chi connectivity index (χ4n) is 2.76. The molecule has 0 bridgehead atoms. The molecule has 2 aromatic heterocycles. The van der Waals surface area contributed by atoms with Gasteiger partial charge in [-0.3, -0.25) is 0 Å². The van der Waals surface area contributed by atoms with Crippen molar-refractivity contribution >= 4 is 0 Å². The summed E-state index contributed by atoms with van der Waals surface area (Å²) in [6.45, 7) is 1.89. The van der Waals surface area contributed by atoms with Crippen LogP contribution in [0.1, 0.15) is 49.7 Å². The van der Waals surface area contributed by atoms with E-state index in [-0.39, 0.29) is 12.0 Å². The Bertz CT molecular complexity index is 546. The van der Waals surface area contributed by atoms with E-state index < -0.39 is 0 Å². The monoisotopic (exact) mass is 261 g/mol. The second-order valence-corrected chi connectivity index (χ2v) is 5.26. The minimum absolute atomic E-state index is 0.126. The van der Waals surface area contributed by atoms with Crippen LogP contribution in [-0.2, 0) is 0 Å². The number of aromatic nitrogens is 2. The smallest absolute Gasteiger partial charge is 0.231 e. The Morgan fingerprint density at radius 1 is 1.26 bits per heavy atom. The predicted molar refractivity (Wildman–Crippen MR) is 70.5 cm³/mol. The van der Waals surface area contributed by atoms with Crippen LogP contribution in [-0.4, -0.2) is 16.2 Å². The Balaban J connectivity index is 1.86. The van der Waals surface area contributed by atoms with Crippen molar-refractivity contribution in [3.05, 3.63) is 24.0 Å². The molecule has 1 aliphatic rings. The van der Waals surface area contributed by atoms with Crippen LogP contribution in [0.5, 0.6) is 0 Å². The number of aryl methyl sites for hydroxylation is 1. The number of furan rings is 1. The SMILES string of the molecule is Cc1occc1-c1noc(C2CCCCCC2N)n1. The Kier molecular flexibility index (Phi) is 3.38. The van der Waals surface area contributed by atoms with Crippen molar-refractivity contribution < 1.29 is 8.94 Å². The maximum Gasteiger partial charge on any atom is 0.231 e. The van der Waals surface area contributed by atoms with Gasteiger partial charge in [-0.15, -0.1) is 0 Å². The summed E-state index contributed by atoms with van der Waals surface area (Å²) in [4.78, 5) is 4.51. The Morgan fingerprint density at radius 3 is 2.89 bits per heavy atom. The molecule has 0 aromatic carbocycles. The van der Waals surface area contributed by atoms with Crippen LogP contribution >= 0.6 is 0 Å². The maximum absolute atomic E-state index is 6.22. The summed E-state index contributed by atoms with van der Waals surface area (Å²) in [6, 6.07) is 1.98. The molecule has 0 amide bonds. The Labute approximate surface area is 112 Å². The number of hydrogen-bond donors (Lipinski definition) is 1. The normalized spacial score (nSPS) is 24.3. The van der Waals surface area contributed by atoms with Crippen molar-refractivity contribution in [1.29, 1.82) is 0 Å². The quantitative estimate of drug-likeness (QED) is 0.841. The second-order valence-electron chi connectivity index (χ2n) is 5.26. The van der Waals surface area contributed by atoms with Crippen LogP contribution in [0, 0.1) is 6.92 Å². The molecule has 5 nitrogen and oxygen atoms in total. The van der Waals surface area contributed by atoms with Crippen LogP contribution in [0.4, 0.5) is 0 Å². The van der Waals surface area contributed by atoms with Gasteiger partial charge in [-0.05, 0) is 25.8 Å². The summed E-state index contributed by atoms with van der Waals surface area (Å²) >= 11 is 0. The van der Waals surface area contributed by atoms with Crippen LogP contribution < -0.4 is 5.73 Å². The molecule has 1 fully saturated rings. The zero-order valence-electron chi connectivity index (χ0n) is 11.1. The molecule has 2 atom stereocenters. The van der Waals surface area contributed by atoms with E-state index in [0.29, 0.717) is 11.7 Å². The third-order valence-corrected chi connectivity index (χ3v) is 3.93. The van der Waals surface area contributed by atoms with Gasteiger partial charge in [0.05, 0.1) is 17.7 Å². The van der Waals surface area contributed by atoms with Gasteiger partial charge < -0.3 is 14.7 Å². The summed E-state index contributed by atoms with van der Waals surface area (Å²) in [6.07, 6.45) is 7.32. The summed E-state index contributed by atoms with van der Waals surface area (Å²) < 4.78 is 10.7. The first-order valence-electron chi connectivity index (χ1n) is 6.89. The van der Waals surface area contributed by atoms with Gasteiger partial charge in [0.15, 0.2) is 0 Å². The van der Waals surface area contributed by atoms with E-state index in [2.05, 4.69) is 10.1 Å². The van der Waals surface area contributed by atoms with Crippen molar-refractivity contribution in [2.24, 2.45) is 5.73 Å². The lowest BCUT2D eigenvalue weighted by Crippen LogP contribution is -2.27. The third kappa shape index (κ3) is 2.42. The minimum Gasteiger partial charge on any atom is -0.469 e.